The Morgan fingerprint density at radius 2 is 1.94 bits per heavy atom. The van der Waals surface area contributed by atoms with Crippen LogP contribution in [0.3, 0.4) is 0 Å². The van der Waals surface area contributed by atoms with Crippen molar-refractivity contribution in [3.8, 4) is 5.88 Å². The first-order valence-corrected chi connectivity index (χ1v) is 5.96. The Balaban J connectivity index is 2.35. The lowest BCUT2D eigenvalue weighted by Gasteiger charge is -2.30. The Bertz CT molecular complexity index is 352. The molecule has 1 fully saturated rings. The van der Waals surface area contributed by atoms with E-state index >= 15 is 0 Å². The molecule has 1 saturated carbocycles. The highest BCUT2D eigenvalue weighted by atomic mass is 16.5. The van der Waals surface area contributed by atoms with E-state index in [1.165, 1.54) is 25.7 Å². The van der Waals surface area contributed by atoms with Gasteiger partial charge in [0, 0.05) is 14.2 Å². The molecule has 0 bridgehead atoms. The van der Waals surface area contributed by atoms with Crippen molar-refractivity contribution in [3.05, 3.63) is 12.0 Å². The molecule has 1 aromatic rings. The number of rotatable bonds is 2. The zero-order valence-corrected chi connectivity index (χ0v) is 10.1. The van der Waals surface area contributed by atoms with Crippen LogP contribution in [0, 0.1) is 0 Å². The third-order valence-corrected chi connectivity index (χ3v) is 3.57. The Morgan fingerprint density at radius 3 is 2.38 bits per heavy atom. The molecule has 90 valence electrons. The van der Waals surface area contributed by atoms with Gasteiger partial charge in [-0.25, -0.2) is 0 Å². The number of imidazole rings is 1. The second-order valence-electron chi connectivity index (χ2n) is 4.65. The lowest BCUT2D eigenvalue weighted by Crippen LogP contribution is -2.31. The summed E-state index contributed by atoms with van der Waals surface area (Å²) in [7, 11) is 3.66. The van der Waals surface area contributed by atoms with Crippen molar-refractivity contribution in [2.45, 2.75) is 44.1 Å². The van der Waals surface area contributed by atoms with Crippen LogP contribution in [0.1, 0.15) is 44.3 Å². The van der Waals surface area contributed by atoms with Crippen LogP contribution in [0.25, 0.3) is 0 Å². The van der Waals surface area contributed by atoms with Crippen molar-refractivity contribution in [2.24, 2.45) is 7.05 Å². The van der Waals surface area contributed by atoms with Gasteiger partial charge in [0.2, 0.25) is 5.88 Å². The van der Waals surface area contributed by atoms with E-state index in [9.17, 15) is 5.11 Å². The molecule has 0 unspecified atom stereocenters. The highest BCUT2D eigenvalue weighted by Gasteiger charge is 2.36. The molecule has 0 saturated heterocycles. The molecule has 4 heteroatoms. The second-order valence-corrected chi connectivity index (χ2v) is 4.65. The van der Waals surface area contributed by atoms with Crippen LogP contribution in [-0.2, 0) is 17.4 Å². The summed E-state index contributed by atoms with van der Waals surface area (Å²) < 4.78 is 7.62. The first kappa shape index (κ1) is 11.5. The number of nitrogens with zero attached hydrogens (tertiary/aromatic N) is 2. The molecule has 0 aliphatic heterocycles. The molecule has 2 rings (SSSR count). The third kappa shape index (κ3) is 1.94. The van der Waals surface area contributed by atoms with E-state index in [1.54, 1.807) is 13.3 Å². The lowest BCUT2D eigenvalue weighted by molar-refractivity contribution is -0.0372. The summed E-state index contributed by atoms with van der Waals surface area (Å²) in [5.74, 6) is 0.938. The van der Waals surface area contributed by atoms with E-state index in [-0.39, 0.29) is 11.5 Å². The van der Waals surface area contributed by atoms with Crippen molar-refractivity contribution < 1.29 is 9.84 Å². The SMILES string of the molecule is COC1(c2nc(O)cn2C)CCCCCC1. The molecule has 1 aliphatic carbocycles. The average Bonchev–Trinajstić information content (AvgIpc) is 2.52. The molecule has 0 amide bonds. The molecule has 0 aromatic carbocycles. The van der Waals surface area contributed by atoms with Gasteiger partial charge in [0.05, 0.1) is 6.20 Å². The summed E-state index contributed by atoms with van der Waals surface area (Å²) in [6, 6.07) is 0. The second kappa shape index (κ2) is 4.45. The molecule has 0 radical (unpaired) electrons. The Hall–Kier alpha value is -1.03. The summed E-state index contributed by atoms with van der Waals surface area (Å²) in [4.78, 5) is 4.21. The van der Waals surface area contributed by atoms with Gasteiger partial charge in [0.25, 0.3) is 0 Å². The van der Waals surface area contributed by atoms with Gasteiger partial charge in [-0.15, -0.1) is 0 Å². The van der Waals surface area contributed by atoms with Gasteiger partial charge in [-0.1, -0.05) is 25.7 Å². The predicted octanol–water partition coefficient (Wildman–Crippen LogP) is 2.32. The van der Waals surface area contributed by atoms with Crippen LogP contribution in [0.15, 0.2) is 6.20 Å². The van der Waals surface area contributed by atoms with Crippen molar-refractivity contribution in [1.29, 1.82) is 0 Å². The van der Waals surface area contributed by atoms with E-state index < -0.39 is 0 Å². The molecule has 4 nitrogen and oxygen atoms in total. The van der Waals surface area contributed by atoms with Gasteiger partial charge in [0.1, 0.15) is 11.4 Å². The molecule has 0 spiro atoms. The van der Waals surface area contributed by atoms with Crippen LogP contribution in [0.2, 0.25) is 0 Å². The molecule has 1 heterocycles. The highest BCUT2D eigenvalue weighted by molar-refractivity contribution is 5.14. The standard InChI is InChI=1S/C12H20N2O2/c1-14-9-10(15)13-11(14)12(16-2)7-5-3-4-6-8-12/h9,15H,3-8H2,1-2H3. The number of aromatic hydroxyl groups is 1. The van der Waals surface area contributed by atoms with Crippen molar-refractivity contribution in [3.63, 3.8) is 0 Å². The molecule has 1 aromatic heterocycles. The summed E-state index contributed by atoms with van der Waals surface area (Å²) in [5, 5.41) is 9.46. The van der Waals surface area contributed by atoms with Crippen molar-refractivity contribution in [1.82, 2.24) is 9.55 Å². The number of aryl methyl sites for hydroxylation is 1. The van der Waals surface area contributed by atoms with Crippen molar-refractivity contribution in [2.75, 3.05) is 7.11 Å². The number of hydrogen-bond donors (Lipinski definition) is 1. The van der Waals surface area contributed by atoms with Crippen LogP contribution in [0.4, 0.5) is 0 Å². The zero-order valence-electron chi connectivity index (χ0n) is 10.1. The fraction of sp³-hybridized carbons (Fsp3) is 0.750. The summed E-state index contributed by atoms with van der Waals surface area (Å²) in [6.07, 6.45) is 8.49. The Labute approximate surface area is 96.3 Å². The monoisotopic (exact) mass is 224 g/mol. The summed E-state index contributed by atoms with van der Waals surface area (Å²) in [5.41, 5.74) is -0.299. The van der Waals surface area contributed by atoms with Gasteiger partial charge in [0.15, 0.2) is 0 Å². The summed E-state index contributed by atoms with van der Waals surface area (Å²) in [6.45, 7) is 0. The normalized spacial score (nSPS) is 20.6. The minimum Gasteiger partial charge on any atom is -0.492 e. The minimum atomic E-state index is -0.299. The molecule has 1 aliphatic rings. The Kier molecular flexibility index (Phi) is 3.19. The van der Waals surface area contributed by atoms with Gasteiger partial charge in [-0.2, -0.15) is 4.98 Å². The van der Waals surface area contributed by atoms with Crippen LogP contribution >= 0.6 is 0 Å². The number of methoxy groups -OCH3 is 1. The van der Waals surface area contributed by atoms with Gasteiger partial charge < -0.3 is 14.4 Å². The highest BCUT2D eigenvalue weighted by Crippen LogP contribution is 2.38. The molecular formula is C12H20N2O2. The maximum absolute atomic E-state index is 9.46. The third-order valence-electron chi connectivity index (χ3n) is 3.57. The largest absolute Gasteiger partial charge is 0.492 e. The van der Waals surface area contributed by atoms with Gasteiger partial charge in [-0.3, -0.25) is 0 Å². The lowest BCUT2D eigenvalue weighted by atomic mass is 9.93. The maximum Gasteiger partial charge on any atom is 0.229 e. The van der Waals surface area contributed by atoms with Gasteiger partial charge >= 0.3 is 0 Å². The van der Waals surface area contributed by atoms with Crippen LogP contribution < -0.4 is 0 Å². The summed E-state index contributed by atoms with van der Waals surface area (Å²) >= 11 is 0. The quantitative estimate of drug-likeness (QED) is 0.784. The fourth-order valence-corrected chi connectivity index (χ4v) is 2.69. The molecule has 16 heavy (non-hydrogen) atoms. The molecule has 0 atom stereocenters. The minimum absolute atomic E-state index is 0.0816. The topological polar surface area (TPSA) is 47.3 Å². The van der Waals surface area contributed by atoms with E-state index in [2.05, 4.69) is 4.98 Å². The molecule has 1 N–H and O–H groups in total. The zero-order chi connectivity index (χ0) is 11.6. The van der Waals surface area contributed by atoms with E-state index in [1.807, 2.05) is 11.6 Å². The first-order chi connectivity index (χ1) is 7.68. The average molecular weight is 224 g/mol. The van der Waals surface area contributed by atoms with Crippen molar-refractivity contribution >= 4 is 0 Å². The number of ether oxygens (including phenoxy) is 1. The van der Waals surface area contributed by atoms with E-state index in [0.717, 1.165) is 18.7 Å². The van der Waals surface area contributed by atoms with Crippen LogP contribution in [0.5, 0.6) is 5.88 Å². The maximum atomic E-state index is 9.46. The fourth-order valence-electron chi connectivity index (χ4n) is 2.69. The Morgan fingerprint density at radius 1 is 1.31 bits per heavy atom. The van der Waals surface area contributed by atoms with Crippen LogP contribution in [-0.4, -0.2) is 21.8 Å². The number of aromatic nitrogens is 2. The van der Waals surface area contributed by atoms with E-state index in [4.69, 9.17) is 4.74 Å². The first-order valence-electron chi connectivity index (χ1n) is 5.96. The van der Waals surface area contributed by atoms with E-state index in [0.29, 0.717) is 0 Å². The van der Waals surface area contributed by atoms with Gasteiger partial charge in [-0.05, 0) is 12.8 Å². The number of hydrogen-bond acceptors (Lipinski definition) is 3. The predicted molar refractivity (Wildman–Crippen MR) is 61.3 cm³/mol. The molecular weight excluding hydrogens is 204 g/mol. The smallest absolute Gasteiger partial charge is 0.229 e.